The number of hydrogen-bond donors (Lipinski definition) is 1. The van der Waals surface area contributed by atoms with Crippen molar-refractivity contribution in [2.45, 2.75) is 6.92 Å². The zero-order valence-corrected chi connectivity index (χ0v) is 12.9. The van der Waals surface area contributed by atoms with Crippen LogP contribution in [0.4, 0.5) is 5.69 Å². The second-order valence-corrected chi connectivity index (χ2v) is 5.60. The van der Waals surface area contributed by atoms with E-state index in [0.717, 1.165) is 11.0 Å². The third-order valence-electron chi connectivity index (χ3n) is 3.64. The molecule has 4 aromatic rings. The molecule has 114 valence electrons. The van der Waals surface area contributed by atoms with Gasteiger partial charge in [-0.05, 0) is 31.2 Å². The van der Waals surface area contributed by atoms with Crippen molar-refractivity contribution in [2.24, 2.45) is 4.99 Å². The van der Waals surface area contributed by atoms with Crippen molar-refractivity contribution in [1.82, 2.24) is 14.9 Å². The van der Waals surface area contributed by atoms with Gasteiger partial charge in [0.05, 0.1) is 10.4 Å². The molecule has 7 heteroatoms. The lowest BCUT2D eigenvalue weighted by Gasteiger charge is -2.04. The number of nitrogens with one attached hydrogen (secondary N) is 1. The van der Waals surface area contributed by atoms with E-state index in [1.165, 1.54) is 4.74 Å². The molecule has 0 radical (unpaired) electrons. The number of aliphatic imine (C=N–C) groups is 1. The highest BCUT2D eigenvalue weighted by Crippen LogP contribution is 2.16. The van der Waals surface area contributed by atoms with Crippen LogP contribution >= 0.6 is 11.6 Å². The van der Waals surface area contributed by atoms with Gasteiger partial charge in [-0.2, -0.15) is 5.10 Å². The Bertz CT molecular complexity index is 1050. The fourth-order valence-corrected chi connectivity index (χ4v) is 2.74. The van der Waals surface area contributed by atoms with E-state index in [-0.39, 0.29) is 5.90 Å². The second-order valence-electron chi connectivity index (χ2n) is 5.16. The summed E-state index contributed by atoms with van der Waals surface area (Å²) in [6.45, 7) is 1.84. The molecule has 2 aromatic carbocycles. The summed E-state index contributed by atoms with van der Waals surface area (Å²) in [5.41, 5.74) is 3.35. The molecule has 0 aliphatic heterocycles. The number of aromatic amines is 1. The van der Waals surface area contributed by atoms with Crippen LogP contribution < -0.4 is 9.62 Å². The Morgan fingerprint density at radius 3 is 2.83 bits per heavy atom. The monoisotopic (exact) mass is 325 g/mol. The van der Waals surface area contributed by atoms with Gasteiger partial charge in [-0.3, -0.25) is 4.99 Å². The number of benzene rings is 2. The van der Waals surface area contributed by atoms with Gasteiger partial charge in [0.1, 0.15) is 5.69 Å². The number of hydrogen-bond acceptors (Lipinski definition) is 3. The minimum atomic E-state index is -0.375. The first-order valence-electron chi connectivity index (χ1n) is 7.03. The zero-order valence-electron chi connectivity index (χ0n) is 12.2. The van der Waals surface area contributed by atoms with Crippen LogP contribution in [0.5, 0.6) is 0 Å². The normalized spacial score (nSPS) is 12.3. The highest BCUT2D eigenvalue weighted by Gasteiger charge is 2.21. The van der Waals surface area contributed by atoms with Crippen molar-refractivity contribution in [3.05, 3.63) is 64.9 Å². The predicted molar refractivity (Wildman–Crippen MR) is 85.1 cm³/mol. The van der Waals surface area contributed by atoms with Crippen LogP contribution in [-0.2, 0) is 0 Å². The maximum absolute atomic E-state index is 12.4. The Morgan fingerprint density at radius 2 is 2.04 bits per heavy atom. The minimum Gasteiger partial charge on any atom is -0.856 e. The second kappa shape index (κ2) is 5.10. The SMILES string of the molecule is Cc1c(C([O-])=Nc2ccccc2)nn2[nH]c3cc(Cl)ccc3[n+]12. The predicted octanol–water partition coefficient (Wildman–Crippen LogP) is 1.80. The Morgan fingerprint density at radius 1 is 1.26 bits per heavy atom. The Hall–Kier alpha value is -2.86. The smallest absolute Gasteiger partial charge is 0.213 e. The van der Waals surface area contributed by atoms with Crippen LogP contribution in [0.2, 0.25) is 5.02 Å². The summed E-state index contributed by atoms with van der Waals surface area (Å²) < 4.78 is 3.34. The summed E-state index contributed by atoms with van der Waals surface area (Å²) in [6, 6.07) is 14.6. The molecule has 0 spiro atoms. The van der Waals surface area contributed by atoms with E-state index in [0.29, 0.717) is 22.1 Å². The number of halogens is 1. The van der Waals surface area contributed by atoms with Crippen LogP contribution in [0.15, 0.2) is 53.5 Å². The maximum Gasteiger partial charge on any atom is 0.213 e. The fourth-order valence-electron chi connectivity index (χ4n) is 2.57. The van der Waals surface area contributed by atoms with E-state index in [2.05, 4.69) is 15.2 Å². The van der Waals surface area contributed by atoms with Crippen molar-refractivity contribution in [3.8, 4) is 0 Å². The summed E-state index contributed by atoms with van der Waals surface area (Å²) in [5, 5.41) is 20.4. The maximum atomic E-state index is 12.4. The molecule has 6 nitrogen and oxygen atoms in total. The molecule has 0 saturated carbocycles. The molecule has 2 aromatic heterocycles. The molecule has 0 unspecified atom stereocenters. The average Bonchev–Trinajstić information content (AvgIpc) is 3.04. The Kier molecular flexibility index (Phi) is 3.06. The average molecular weight is 326 g/mol. The first kappa shape index (κ1) is 13.8. The highest BCUT2D eigenvalue weighted by atomic mass is 35.5. The minimum absolute atomic E-state index is 0.307. The molecule has 0 bridgehead atoms. The molecule has 0 amide bonds. The van der Waals surface area contributed by atoms with Gasteiger partial charge in [0, 0.05) is 22.1 Å². The van der Waals surface area contributed by atoms with Gasteiger partial charge < -0.3 is 5.11 Å². The van der Waals surface area contributed by atoms with Crippen molar-refractivity contribution in [1.29, 1.82) is 0 Å². The van der Waals surface area contributed by atoms with Gasteiger partial charge in [-0.1, -0.05) is 29.8 Å². The van der Waals surface area contributed by atoms with Gasteiger partial charge >= 0.3 is 0 Å². The third-order valence-corrected chi connectivity index (χ3v) is 3.88. The van der Waals surface area contributed by atoms with E-state index in [4.69, 9.17) is 11.6 Å². The largest absolute Gasteiger partial charge is 0.856 e. The first-order chi connectivity index (χ1) is 11.1. The summed E-state index contributed by atoms with van der Waals surface area (Å²) in [7, 11) is 0. The van der Waals surface area contributed by atoms with E-state index in [1.54, 1.807) is 18.2 Å². The first-order valence-corrected chi connectivity index (χ1v) is 7.41. The number of aryl methyl sites for hydroxylation is 1. The standard InChI is InChI=1S/C16H12ClN5O/c1-10-15(16(23)18-12-5-3-2-4-6-12)20-22-19-13-9-11(17)7-8-14(13)21(10)22/h2-9H,1H3,(H-,18,19,20,23). The summed E-state index contributed by atoms with van der Waals surface area (Å²) in [4.78, 5) is 4.10. The third kappa shape index (κ3) is 2.24. The molecule has 23 heavy (non-hydrogen) atoms. The number of fused-ring (bicyclic) bond motifs is 3. The molecule has 0 aliphatic carbocycles. The van der Waals surface area contributed by atoms with Crippen LogP contribution in [0.25, 0.3) is 11.0 Å². The molecular formula is C16H12ClN5O. The van der Waals surface area contributed by atoms with Gasteiger partial charge in [0.15, 0.2) is 11.0 Å². The van der Waals surface area contributed by atoms with Gasteiger partial charge in [0.25, 0.3) is 0 Å². The van der Waals surface area contributed by atoms with E-state index in [9.17, 15) is 5.11 Å². The number of H-pyrrole nitrogens is 1. The van der Waals surface area contributed by atoms with Crippen molar-refractivity contribution < 1.29 is 9.62 Å². The summed E-state index contributed by atoms with van der Waals surface area (Å²) in [5.74, 6) is -0.375. The van der Waals surface area contributed by atoms with E-state index in [1.807, 2.05) is 41.8 Å². The van der Waals surface area contributed by atoms with Crippen molar-refractivity contribution >= 4 is 34.2 Å². The lowest BCUT2D eigenvalue weighted by molar-refractivity contribution is -0.604. The molecular weight excluding hydrogens is 314 g/mol. The van der Waals surface area contributed by atoms with Crippen LogP contribution in [0, 0.1) is 6.92 Å². The van der Waals surface area contributed by atoms with Crippen LogP contribution in [0.1, 0.15) is 11.4 Å². The van der Waals surface area contributed by atoms with Gasteiger partial charge in [-0.15, -0.1) is 4.52 Å². The molecule has 0 saturated heterocycles. The topological polar surface area (TPSA) is 72.6 Å². The molecule has 0 aliphatic rings. The quantitative estimate of drug-likeness (QED) is 0.347. The van der Waals surface area contributed by atoms with Crippen LogP contribution in [-0.4, -0.2) is 20.8 Å². The number of rotatable bonds is 2. The fraction of sp³-hybridized carbons (Fsp3) is 0.0625. The molecule has 2 heterocycles. The summed E-state index contributed by atoms with van der Waals surface area (Å²) in [6.07, 6.45) is 0. The van der Waals surface area contributed by atoms with Crippen LogP contribution in [0.3, 0.4) is 0 Å². The van der Waals surface area contributed by atoms with Crippen molar-refractivity contribution in [3.63, 3.8) is 0 Å². The molecule has 4 rings (SSSR count). The van der Waals surface area contributed by atoms with E-state index < -0.39 is 0 Å². The Labute approximate surface area is 136 Å². The molecule has 1 N–H and O–H groups in total. The lowest BCUT2D eigenvalue weighted by Crippen LogP contribution is -2.29. The highest BCUT2D eigenvalue weighted by molar-refractivity contribution is 6.31. The summed E-state index contributed by atoms with van der Waals surface area (Å²) >= 11 is 6.00. The Balaban J connectivity index is 1.88. The van der Waals surface area contributed by atoms with Crippen molar-refractivity contribution in [2.75, 3.05) is 0 Å². The molecule has 0 fully saturated rings. The van der Waals surface area contributed by atoms with Gasteiger partial charge in [0.2, 0.25) is 5.69 Å². The van der Waals surface area contributed by atoms with Gasteiger partial charge in [-0.25, -0.2) is 0 Å². The number of aromatic nitrogens is 4. The lowest BCUT2D eigenvalue weighted by atomic mass is 10.3. The number of nitrogens with zero attached hydrogens (tertiary/aromatic N) is 4. The van der Waals surface area contributed by atoms with E-state index >= 15 is 0 Å². The molecule has 0 atom stereocenters. The zero-order chi connectivity index (χ0) is 16.0. The number of para-hydroxylation sites is 1.